The Morgan fingerprint density at radius 3 is 2.40 bits per heavy atom. The van der Waals surface area contributed by atoms with E-state index in [0.29, 0.717) is 12.0 Å². The number of hydrogen-bond acceptors (Lipinski definition) is 3. The van der Waals surface area contributed by atoms with Crippen molar-refractivity contribution in [3.05, 3.63) is 35.9 Å². The lowest BCUT2D eigenvalue weighted by atomic mass is 10.2. The van der Waals surface area contributed by atoms with E-state index in [1.54, 1.807) is 31.2 Å². The van der Waals surface area contributed by atoms with Gasteiger partial charge in [0.2, 0.25) is 5.12 Å². The van der Waals surface area contributed by atoms with Gasteiger partial charge in [0, 0.05) is 5.56 Å². The van der Waals surface area contributed by atoms with Gasteiger partial charge in [0.1, 0.15) is 5.25 Å². The second-order valence-electron chi connectivity index (χ2n) is 3.01. The lowest BCUT2D eigenvalue weighted by Crippen LogP contribution is -2.17. The summed E-state index contributed by atoms with van der Waals surface area (Å²) in [7, 11) is 0. The van der Waals surface area contributed by atoms with E-state index < -0.39 is 11.2 Å². The fourth-order valence-corrected chi connectivity index (χ4v) is 1.88. The number of hydrogen-bond donors (Lipinski definition) is 1. The number of aliphatic carboxylic acids is 1. The van der Waals surface area contributed by atoms with Crippen LogP contribution in [0.25, 0.3) is 0 Å². The summed E-state index contributed by atoms with van der Waals surface area (Å²) in [6.45, 7) is 1.75. The van der Waals surface area contributed by atoms with Gasteiger partial charge in [-0.2, -0.15) is 0 Å². The van der Waals surface area contributed by atoms with Crippen LogP contribution in [0.15, 0.2) is 30.3 Å². The quantitative estimate of drug-likeness (QED) is 0.853. The first-order chi connectivity index (χ1) is 7.15. The minimum atomic E-state index is -0.938. The molecule has 3 nitrogen and oxygen atoms in total. The minimum absolute atomic E-state index is 0.190. The van der Waals surface area contributed by atoms with Crippen LogP contribution in [0.4, 0.5) is 0 Å². The van der Waals surface area contributed by atoms with Crippen molar-refractivity contribution in [2.24, 2.45) is 0 Å². The first kappa shape index (κ1) is 11.8. The summed E-state index contributed by atoms with van der Waals surface area (Å²) >= 11 is 0.867. The van der Waals surface area contributed by atoms with E-state index in [1.165, 1.54) is 0 Å². The monoisotopic (exact) mass is 224 g/mol. The van der Waals surface area contributed by atoms with Crippen molar-refractivity contribution >= 4 is 22.8 Å². The lowest BCUT2D eigenvalue weighted by Gasteiger charge is -2.07. The smallest absolute Gasteiger partial charge is 0.317 e. The second-order valence-corrected chi connectivity index (χ2v) is 4.18. The van der Waals surface area contributed by atoms with E-state index in [-0.39, 0.29) is 5.12 Å². The maximum Gasteiger partial charge on any atom is 0.317 e. The Hall–Kier alpha value is -1.29. The van der Waals surface area contributed by atoms with Crippen molar-refractivity contribution < 1.29 is 14.7 Å². The van der Waals surface area contributed by atoms with Gasteiger partial charge in [-0.25, -0.2) is 0 Å². The highest BCUT2D eigenvalue weighted by Gasteiger charge is 2.20. The number of carboxylic acids is 1. The van der Waals surface area contributed by atoms with Crippen LogP contribution in [0.2, 0.25) is 0 Å². The van der Waals surface area contributed by atoms with E-state index in [4.69, 9.17) is 5.11 Å². The fraction of sp³-hybridized carbons (Fsp3) is 0.273. The fourth-order valence-electron chi connectivity index (χ4n) is 1.08. The molecule has 0 unspecified atom stereocenters. The van der Waals surface area contributed by atoms with Crippen molar-refractivity contribution in [3.8, 4) is 0 Å². The van der Waals surface area contributed by atoms with E-state index in [2.05, 4.69) is 0 Å². The van der Waals surface area contributed by atoms with E-state index in [9.17, 15) is 9.59 Å². The van der Waals surface area contributed by atoms with Crippen molar-refractivity contribution in [2.75, 3.05) is 0 Å². The molecule has 1 rings (SSSR count). The predicted octanol–water partition coefficient (Wildman–Crippen LogP) is 2.42. The molecule has 15 heavy (non-hydrogen) atoms. The van der Waals surface area contributed by atoms with Gasteiger partial charge in [-0.05, 0) is 6.42 Å². The SMILES string of the molecule is CC[C@@H](SC(=O)c1ccccc1)C(=O)O. The average molecular weight is 224 g/mol. The summed E-state index contributed by atoms with van der Waals surface area (Å²) < 4.78 is 0. The molecule has 1 N–H and O–H groups in total. The van der Waals surface area contributed by atoms with Crippen LogP contribution in [-0.4, -0.2) is 21.4 Å². The number of benzene rings is 1. The molecule has 0 radical (unpaired) electrons. The molecule has 0 aliphatic heterocycles. The van der Waals surface area contributed by atoms with Crippen LogP contribution in [-0.2, 0) is 4.79 Å². The van der Waals surface area contributed by atoms with Gasteiger partial charge in [-0.15, -0.1) is 0 Å². The Morgan fingerprint density at radius 1 is 1.33 bits per heavy atom. The first-order valence-electron chi connectivity index (χ1n) is 4.64. The molecule has 0 spiro atoms. The van der Waals surface area contributed by atoms with Crippen molar-refractivity contribution in [1.29, 1.82) is 0 Å². The maximum absolute atomic E-state index is 11.6. The number of carboxylic acid groups (broad SMARTS) is 1. The predicted molar refractivity (Wildman–Crippen MR) is 60.1 cm³/mol. The van der Waals surface area contributed by atoms with Gasteiger partial charge in [-0.3, -0.25) is 9.59 Å². The zero-order chi connectivity index (χ0) is 11.3. The van der Waals surface area contributed by atoms with Crippen LogP contribution in [0.5, 0.6) is 0 Å². The topological polar surface area (TPSA) is 54.4 Å². The zero-order valence-corrected chi connectivity index (χ0v) is 9.16. The molecule has 1 atom stereocenters. The van der Waals surface area contributed by atoms with Crippen LogP contribution < -0.4 is 0 Å². The molecule has 0 aromatic heterocycles. The zero-order valence-electron chi connectivity index (χ0n) is 8.34. The minimum Gasteiger partial charge on any atom is -0.480 e. The molecular weight excluding hydrogens is 212 g/mol. The Morgan fingerprint density at radius 2 is 1.93 bits per heavy atom. The number of rotatable bonds is 4. The van der Waals surface area contributed by atoms with Gasteiger partial charge >= 0.3 is 5.97 Å². The van der Waals surface area contributed by atoms with Crippen molar-refractivity contribution in [2.45, 2.75) is 18.6 Å². The standard InChI is InChI=1S/C11H12O3S/c1-2-9(10(12)13)15-11(14)8-6-4-3-5-7-8/h3-7,9H,2H2,1H3,(H,12,13)/t9-/m1/s1. The molecule has 0 saturated carbocycles. The highest BCUT2D eigenvalue weighted by atomic mass is 32.2. The first-order valence-corrected chi connectivity index (χ1v) is 5.52. The van der Waals surface area contributed by atoms with E-state index in [1.807, 2.05) is 6.07 Å². The number of thioether (sulfide) groups is 1. The molecule has 0 aliphatic rings. The van der Waals surface area contributed by atoms with Gasteiger partial charge in [0.05, 0.1) is 0 Å². The lowest BCUT2D eigenvalue weighted by molar-refractivity contribution is -0.136. The Kier molecular flexibility index (Phi) is 4.37. The van der Waals surface area contributed by atoms with Crippen LogP contribution in [0, 0.1) is 0 Å². The van der Waals surface area contributed by atoms with Gasteiger partial charge in [-0.1, -0.05) is 49.0 Å². The molecule has 0 fully saturated rings. The van der Waals surface area contributed by atoms with E-state index in [0.717, 1.165) is 11.8 Å². The third-order valence-corrected chi connectivity index (χ3v) is 3.17. The van der Waals surface area contributed by atoms with Gasteiger partial charge in [0.15, 0.2) is 0 Å². The third kappa shape index (κ3) is 3.40. The average Bonchev–Trinajstić information content (AvgIpc) is 2.26. The molecule has 1 aromatic rings. The normalized spacial score (nSPS) is 12.1. The summed E-state index contributed by atoms with van der Waals surface area (Å²) in [5.41, 5.74) is 0.544. The molecular formula is C11H12O3S. The van der Waals surface area contributed by atoms with Crippen LogP contribution >= 0.6 is 11.8 Å². The summed E-state index contributed by atoms with van der Waals surface area (Å²) in [4.78, 5) is 22.3. The Bertz CT molecular complexity index is 348. The molecule has 0 amide bonds. The van der Waals surface area contributed by atoms with E-state index >= 15 is 0 Å². The molecule has 4 heteroatoms. The van der Waals surface area contributed by atoms with Crippen LogP contribution in [0.1, 0.15) is 23.7 Å². The van der Waals surface area contributed by atoms with Crippen LogP contribution in [0.3, 0.4) is 0 Å². The van der Waals surface area contributed by atoms with Crippen molar-refractivity contribution in [3.63, 3.8) is 0 Å². The number of carbonyl (C=O) groups is 2. The highest BCUT2D eigenvalue weighted by molar-refractivity contribution is 8.15. The Balaban J connectivity index is 2.67. The summed E-state index contributed by atoms with van der Waals surface area (Å²) in [5, 5.41) is 7.95. The number of carbonyl (C=O) groups excluding carboxylic acids is 1. The largest absolute Gasteiger partial charge is 0.480 e. The molecule has 1 aromatic carbocycles. The maximum atomic E-state index is 11.6. The molecule has 0 bridgehead atoms. The Labute approximate surface area is 92.5 Å². The van der Waals surface area contributed by atoms with Gasteiger partial charge in [0.25, 0.3) is 0 Å². The summed E-state index contributed by atoms with van der Waals surface area (Å²) in [6, 6.07) is 8.70. The second kappa shape index (κ2) is 5.56. The highest BCUT2D eigenvalue weighted by Crippen LogP contribution is 2.20. The molecule has 0 aliphatic carbocycles. The van der Waals surface area contributed by atoms with Gasteiger partial charge < -0.3 is 5.11 Å². The molecule has 0 saturated heterocycles. The van der Waals surface area contributed by atoms with Crippen molar-refractivity contribution in [1.82, 2.24) is 0 Å². The third-order valence-electron chi connectivity index (χ3n) is 1.91. The summed E-state index contributed by atoms with van der Waals surface area (Å²) in [6.07, 6.45) is 0.443. The molecule has 80 valence electrons. The summed E-state index contributed by atoms with van der Waals surface area (Å²) in [5.74, 6) is -0.938. The molecule has 0 heterocycles.